The van der Waals surface area contributed by atoms with Crippen molar-refractivity contribution < 1.29 is 4.52 Å². The van der Waals surface area contributed by atoms with E-state index in [1.165, 1.54) is 0 Å². The third-order valence-corrected chi connectivity index (χ3v) is 3.55. The van der Waals surface area contributed by atoms with Crippen LogP contribution in [-0.2, 0) is 6.54 Å². The second kappa shape index (κ2) is 5.89. The van der Waals surface area contributed by atoms with E-state index in [4.69, 9.17) is 4.52 Å². The number of nitrogens with zero attached hydrogens (tertiary/aromatic N) is 1. The molecule has 5 heteroatoms. The lowest BCUT2D eigenvalue weighted by atomic mass is 10.1. The Bertz CT molecular complexity index is 815. The summed E-state index contributed by atoms with van der Waals surface area (Å²) in [4.78, 5) is 14.7. The van der Waals surface area contributed by atoms with E-state index in [9.17, 15) is 4.79 Å². The summed E-state index contributed by atoms with van der Waals surface area (Å²) >= 11 is 0. The number of pyridine rings is 1. The first-order chi connectivity index (χ1) is 10.6. The third kappa shape index (κ3) is 2.79. The fourth-order valence-electron chi connectivity index (χ4n) is 2.45. The predicted octanol–water partition coefficient (Wildman–Crippen LogP) is 3.26. The Balaban J connectivity index is 1.89. The number of anilines is 1. The summed E-state index contributed by atoms with van der Waals surface area (Å²) < 4.78 is 5.19. The van der Waals surface area contributed by atoms with Gasteiger partial charge >= 0.3 is 0 Å². The number of aromatic amines is 1. The van der Waals surface area contributed by atoms with Crippen molar-refractivity contribution >= 4 is 5.69 Å². The maximum Gasteiger partial charge on any atom is 0.271 e. The van der Waals surface area contributed by atoms with Gasteiger partial charge in [-0.3, -0.25) is 4.79 Å². The molecule has 0 atom stereocenters. The highest BCUT2D eigenvalue weighted by molar-refractivity contribution is 5.70. The summed E-state index contributed by atoms with van der Waals surface area (Å²) in [6.45, 7) is 4.33. The van der Waals surface area contributed by atoms with E-state index in [0.29, 0.717) is 12.2 Å². The Hall–Kier alpha value is -2.82. The van der Waals surface area contributed by atoms with Gasteiger partial charge in [0.2, 0.25) is 0 Å². The van der Waals surface area contributed by atoms with Crippen LogP contribution in [0.3, 0.4) is 0 Å². The first kappa shape index (κ1) is 14.1. The molecule has 0 aliphatic heterocycles. The first-order valence-corrected chi connectivity index (χ1v) is 7.09. The molecule has 0 radical (unpaired) electrons. The topological polar surface area (TPSA) is 70.9 Å². The quantitative estimate of drug-likeness (QED) is 0.775. The molecule has 0 aliphatic carbocycles. The van der Waals surface area contributed by atoms with Crippen LogP contribution in [0.5, 0.6) is 0 Å². The van der Waals surface area contributed by atoms with Gasteiger partial charge in [0.25, 0.3) is 5.56 Å². The molecule has 0 fully saturated rings. The lowest BCUT2D eigenvalue weighted by Gasteiger charge is -2.07. The van der Waals surface area contributed by atoms with Crippen molar-refractivity contribution in [3.05, 3.63) is 70.0 Å². The van der Waals surface area contributed by atoms with Gasteiger partial charge in [-0.25, -0.2) is 0 Å². The van der Waals surface area contributed by atoms with Crippen molar-refractivity contribution in [1.29, 1.82) is 0 Å². The number of H-pyrrole nitrogens is 1. The SMILES string of the molecule is Cc1noc(C)c1-c1c[nH]c(=O)c(NCc2ccccc2)c1. The molecule has 0 bridgehead atoms. The number of aryl methyl sites for hydroxylation is 2. The van der Waals surface area contributed by atoms with E-state index in [2.05, 4.69) is 15.5 Å². The maximum absolute atomic E-state index is 12.0. The van der Waals surface area contributed by atoms with Crippen LogP contribution in [0.15, 0.2) is 51.9 Å². The predicted molar refractivity (Wildman–Crippen MR) is 85.8 cm³/mol. The van der Waals surface area contributed by atoms with Crippen LogP contribution in [-0.4, -0.2) is 10.1 Å². The fraction of sp³-hybridized carbons (Fsp3) is 0.176. The molecule has 2 aromatic heterocycles. The van der Waals surface area contributed by atoms with Crippen LogP contribution in [0.1, 0.15) is 17.0 Å². The molecule has 3 rings (SSSR count). The van der Waals surface area contributed by atoms with E-state index >= 15 is 0 Å². The molecule has 0 unspecified atom stereocenters. The summed E-state index contributed by atoms with van der Waals surface area (Å²) in [5.41, 5.74) is 4.10. The molecule has 2 heterocycles. The van der Waals surface area contributed by atoms with E-state index < -0.39 is 0 Å². The highest BCUT2D eigenvalue weighted by Gasteiger charge is 2.13. The number of benzene rings is 1. The molecule has 5 nitrogen and oxygen atoms in total. The number of rotatable bonds is 4. The van der Waals surface area contributed by atoms with E-state index in [1.807, 2.05) is 50.2 Å². The van der Waals surface area contributed by atoms with Gasteiger partial charge in [-0.2, -0.15) is 0 Å². The minimum atomic E-state index is -0.147. The number of nitrogens with one attached hydrogen (secondary N) is 2. The molecule has 22 heavy (non-hydrogen) atoms. The fourth-order valence-corrected chi connectivity index (χ4v) is 2.45. The summed E-state index contributed by atoms with van der Waals surface area (Å²) in [5, 5.41) is 7.13. The van der Waals surface area contributed by atoms with Crippen molar-refractivity contribution in [2.75, 3.05) is 5.32 Å². The average molecular weight is 295 g/mol. The largest absolute Gasteiger partial charge is 0.376 e. The minimum Gasteiger partial charge on any atom is -0.376 e. The van der Waals surface area contributed by atoms with Crippen molar-refractivity contribution in [3.8, 4) is 11.1 Å². The Kier molecular flexibility index (Phi) is 3.78. The maximum atomic E-state index is 12.0. The molecule has 0 saturated heterocycles. The van der Waals surface area contributed by atoms with Gasteiger partial charge in [-0.1, -0.05) is 35.5 Å². The van der Waals surface area contributed by atoms with Crippen LogP contribution in [0, 0.1) is 13.8 Å². The van der Waals surface area contributed by atoms with E-state index in [-0.39, 0.29) is 5.56 Å². The smallest absolute Gasteiger partial charge is 0.271 e. The summed E-state index contributed by atoms with van der Waals surface area (Å²) in [7, 11) is 0. The monoisotopic (exact) mass is 295 g/mol. The van der Waals surface area contributed by atoms with Gasteiger partial charge in [0.05, 0.1) is 5.69 Å². The molecule has 0 amide bonds. The average Bonchev–Trinajstić information content (AvgIpc) is 2.87. The minimum absolute atomic E-state index is 0.147. The second-order valence-corrected chi connectivity index (χ2v) is 5.17. The van der Waals surface area contributed by atoms with Gasteiger partial charge in [0.15, 0.2) is 0 Å². The number of aromatic nitrogens is 2. The Morgan fingerprint density at radius 1 is 1.23 bits per heavy atom. The van der Waals surface area contributed by atoms with Crippen molar-refractivity contribution in [1.82, 2.24) is 10.1 Å². The highest BCUT2D eigenvalue weighted by Crippen LogP contribution is 2.26. The van der Waals surface area contributed by atoms with Gasteiger partial charge in [-0.05, 0) is 25.5 Å². The van der Waals surface area contributed by atoms with Crippen LogP contribution < -0.4 is 10.9 Å². The van der Waals surface area contributed by atoms with Crippen molar-refractivity contribution in [2.45, 2.75) is 20.4 Å². The first-order valence-electron chi connectivity index (χ1n) is 7.09. The van der Waals surface area contributed by atoms with Gasteiger partial charge < -0.3 is 14.8 Å². The van der Waals surface area contributed by atoms with Crippen LogP contribution in [0.4, 0.5) is 5.69 Å². The highest BCUT2D eigenvalue weighted by atomic mass is 16.5. The Morgan fingerprint density at radius 3 is 2.68 bits per heavy atom. The number of hydrogen-bond donors (Lipinski definition) is 2. The van der Waals surface area contributed by atoms with Gasteiger partial charge in [0, 0.05) is 23.9 Å². The number of hydrogen-bond acceptors (Lipinski definition) is 4. The summed E-state index contributed by atoms with van der Waals surface area (Å²) in [6.07, 6.45) is 1.68. The molecular formula is C17H17N3O2. The lowest BCUT2D eigenvalue weighted by Crippen LogP contribution is -2.13. The van der Waals surface area contributed by atoms with Crippen LogP contribution >= 0.6 is 0 Å². The zero-order valence-corrected chi connectivity index (χ0v) is 12.5. The molecule has 112 valence electrons. The lowest BCUT2D eigenvalue weighted by molar-refractivity contribution is 0.393. The molecule has 0 spiro atoms. The van der Waals surface area contributed by atoms with Gasteiger partial charge in [-0.15, -0.1) is 0 Å². The Morgan fingerprint density at radius 2 is 2.00 bits per heavy atom. The Labute approximate surface area is 128 Å². The zero-order valence-electron chi connectivity index (χ0n) is 12.5. The second-order valence-electron chi connectivity index (χ2n) is 5.17. The standard InChI is InChI=1S/C17H17N3O2/c1-11-16(12(2)22-20-11)14-8-15(17(21)19-10-14)18-9-13-6-4-3-5-7-13/h3-8,10,18H,9H2,1-2H3,(H,19,21). The van der Waals surface area contributed by atoms with Crippen LogP contribution in [0.2, 0.25) is 0 Å². The van der Waals surface area contributed by atoms with Crippen molar-refractivity contribution in [3.63, 3.8) is 0 Å². The van der Waals surface area contributed by atoms with E-state index in [1.54, 1.807) is 6.20 Å². The molecule has 1 aromatic carbocycles. The normalized spacial score (nSPS) is 10.6. The zero-order chi connectivity index (χ0) is 15.5. The third-order valence-electron chi connectivity index (χ3n) is 3.55. The molecule has 0 aliphatic rings. The van der Waals surface area contributed by atoms with Gasteiger partial charge in [0.1, 0.15) is 11.4 Å². The molecule has 0 saturated carbocycles. The molecule has 3 aromatic rings. The molecule has 2 N–H and O–H groups in total. The summed E-state index contributed by atoms with van der Waals surface area (Å²) in [5.74, 6) is 0.735. The van der Waals surface area contributed by atoms with Crippen molar-refractivity contribution in [2.24, 2.45) is 0 Å². The summed E-state index contributed by atoms with van der Waals surface area (Å²) in [6, 6.07) is 11.8. The van der Waals surface area contributed by atoms with E-state index in [0.717, 1.165) is 28.1 Å². The molecular weight excluding hydrogens is 278 g/mol. The van der Waals surface area contributed by atoms with Crippen LogP contribution in [0.25, 0.3) is 11.1 Å².